The van der Waals surface area contributed by atoms with Crippen molar-refractivity contribution in [1.82, 2.24) is 34.5 Å². The summed E-state index contributed by atoms with van der Waals surface area (Å²) < 4.78 is 10.0. The molecule has 4 heterocycles. The average Bonchev–Trinajstić information content (AvgIpc) is 3.49. The molecule has 0 radical (unpaired) electrons. The van der Waals surface area contributed by atoms with Gasteiger partial charge in [-0.3, -0.25) is 4.68 Å². The van der Waals surface area contributed by atoms with Crippen molar-refractivity contribution < 1.29 is 4.74 Å². The summed E-state index contributed by atoms with van der Waals surface area (Å²) in [6.45, 7) is 6.03. The van der Waals surface area contributed by atoms with Gasteiger partial charge in [0, 0.05) is 67.1 Å². The monoisotopic (exact) mass is 510 g/mol. The molecule has 1 aliphatic heterocycles. The van der Waals surface area contributed by atoms with Gasteiger partial charge in [-0.1, -0.05) is 0 Å². The maximum absolute atomic E-state index is 9.06. The maximum Gasteiger partial charge on any atom is 0.145 e. The molecule has 1 aliphatic rings. The van der Waals surface area contributed by atoms with E-state index in [0.29, 0.717) is 13.2 Å². The predicted molar refractivity (Wildman–Crippen MR) is 150 cm³/mol. The summed E-state index contributed by atoms with van der Waals surface area (Å²) in [5.74, 6) is 1.09. The number of hydrogen-bond acceptors (Lipinski definition) is 7. The number of unbranched alkanes of at least 4 members (excludes halogenated alkanes) is 1. The lowest BCUT2D eigenvalue weighted by Crippen LogP contribution is -2.58. The van der Waals surface area contributed by atoms with E-state index in [4.69, 9.17) is 15.1 Å². The van der Waals surface area contributed by atoms with E-state index in [1.165, 1.54) is 0 Å². The van der Waals surface area contributed by atoms with Gasteiger partial charge < -0.3 is 19.5 Å². The number of ether oxygens (including phenoxy) is 1. The lowest BCUT2D eigenvalue weighted by molar-refractivity contribution is 0.0923. The van der Waals surface area contributed by atoms with Crippen molar-refractivity contribution in [3.05, 3.63) is 31.0 Å². The van der Waals surface area contributed by atoms with Crippen molar-refractivity contribution in [1.29, 1.82) is 5.26 Å². The van der Waals surface area contributed by atoms with Gasteiger partial charge in [-0.25, -0.2) is 20.0 Å². The van der Waals surface area contributed by atoms with Crippen LogP contribution in [0.15, 0.2) is 31.0 Å². The fourth-order valence-electron chi connectivity index (χ4n) is 4.82. The Labute approximate surface area is 216 Å². The Kier molecular flexibility index (Phi) is 8.72. The van der Waals surface area contributed by atoms with Crippen LogP contribution in [0.5, 0.6) is 0 Å². The van der Waals surface area contributed by atoms with Crippen molar-refractivity contribution >= 4 is 28.9 Å². The molecule has 4 rings (SSSR count). The van der Waals surface area contributed by atoms with Crippen LogP contribution in [0.4, 0.5) is 0 Å². The minimum Gasteiger partial charge on any atom is -0.360 e. The van der Waals surface area contributed by atoms with E-state index in [1.807, 2.05) is 21.6 Å². The molecule has 0 bridgehead atoms. The van der Waals surface area contributed by atoms with Gasteiger partial charge in [-0.15, -0.1) is 0 Å². The van der Waals surface area contributed by atoms with E-state index < -0.39 is 10.0 Å². The first-order chi connectivity index (χ1) is 17.3. The second-order valence-electron chi connectivity index (χ2n) is 10.7. The number of aromatic nitrogens is 5. The molecular weight excluding hydrogens is 471 g/mol. The first-order valence-corrected chi connectivity index (χ1v) is 15.7. The zero-order chi connectivity index (χ0) is 25.6. The van der Waals surface area contributed by atoms with Crippen molar-refractivity contribution in [3.8, 4) is 17.3 Å². The number of hydrogen-bond donors (Lipinski definition) is 1. The van der Waals surface area contributed by atoms with Gasteiger partial charge in [0.1, 0.15) is 26.6 Å². The smallest absolute Gasteiger partial charge is 0.145 e. The summed E-state index contributed by atoms with van der Waals surface area (Å²) >= 11 is 0. The summed E-state index contributed by atoms with van der Waals surface area (Å²) in [7, 11) is 1.74. The van der Waals surface area contributed by atoms with Crippen molar-refractivity contribution in [2.45, 2.75) is 38.0 Å². The highest BCUT2D eigenvalue weighted by Crippen LogP contribution is 2.33. The fraction of sp³-hybridized carbons (Fsp3) is 0.600. The molecule has 0 saturated carbocycles. The quantitative estimate of drug-likeness (QED) is 0.294. The Morgan fingerprint density at radius 3 is 2.81 bits per heavy atom. The van der Waals surface area contributed by atoms with Crippen molar-refractivity contribution in [3.63, 3.8) is 0 Å². The van der Waals surface area contributed by atoms with Gasteiger partial charge in [-0.2, -0.15) is 10.4 Å². The summed E-state index contributed by atoms with van der Waals surface area (Å²) in [6, 6.07) is 4.36. The van der Waals surface area contributed by atoms with E-state index in [1.54, 1.807) is 6.33 Å². The molecule has 36 heavy (non-hydrogen) atoms. The Bertz CT molecular complexity index is 1180. The van der Waals surface area contributed by atoms with Gasteiger partial charge in [-0.05, 0) is 37.7 Å². The minimum absolute atomic E-state index is 0.0569. The van der Waals surface area contributed by atoms with Crippen LogP contribution in [0, 0.1) is 11.3 Å². The lowest BCUT2D eigenvalue weighted by Gasteiger charge is -2.44. The number of fused-ring (bicyclic) bond motifs is 1. The van der Waals surface area contributed by atoms with Crippen LogP contribution in [0.3, 0.4) is 0 Å². The van der Waals surface area contributed by atoms with Crippen LogP contribution in [0.2, 0.25) is 0 Å². The average molecular weight is 511 g/mol. The molecule has 1 fully saturated rings. The largest absolute Gasteiger partial charge is 0.360 e. The number of nitrogens with one attached hydrogen (secondary N) is 1. The zero-order valence-electron chi connectivity index (χ0n) is 22.1. The third-order valence-electron chi connectivity index (χ3n) is 6.92. The molecule has 0 spiro atoms. The summed E-state index contributed by atoms with van der Waals surface area (Å²) in [4.78, 5) is 11.7. The Balaban J connectivity index is 1.50. The fourth-order valence-corrected chi connectivity index (χ4v) is 5.44. The van der Waals surface area contributed by atoms with E-state index in [2.05, 4.69) is 65.1 Å². The summed E-state index contributed by atoms with van der Waals surface area (Å²) in [6.07, 6.45) is 17.0. The van der Waals surface area contributed by atoms with Crippen molar-refractivity contribution in [2.75, 3.05) is 57.3 Å². The highest BCUT2D eigenvalue weighted by atomic mass is 32.3. The van der Waals surface area contributed by atoms with Gasteiger partial charge in [0.2, 0.25) is 0 Å². The second-order valence-corrected chi connectivity index (χ2v) is 15.3. The molecule has 1 atom stereocenters. The zero-order valence-corrected chi connectivity index (χ0v) is 22.9. The van der Waals surface area contributed by atoms with Gasteiger partial charge in [0.15, 0.2) is 0 Å². The lowest BCUT2D eigenvalue weighted by atomic mass is 9.71. The molecule has 1 N–H and O–H groups in total. The standard InChI is InChI=1S/C25H39BN8OS/c1-36(2,3)15-14-35-20-32-11-6-22-23(29-19-30-24(22)32)21-16-31-34(17-21)18-25(26,7-4-5-8-27)33-12-9-28-10-13-33/h6,11,16-17,19,28H,4-5,7,9-10,12-15,18,20,26H2,1-3H3/t25-/m1/s1. The normalized spacial score (nSPS) is 17.2. The molecule has 0 aromatic carbocycles. The van der Waals surface area contributed by atoms with Gasteiger partial charge in [0.25, 0.3) is 0 Å². The van der Waals surface area contributed by atoms with Crippen LogP contribution in [0.1, 0.15) is 19.3 Å². The molecule has 9 nitrogen and oxygen atoms in total. The second kappa shape index (κ2) is 11.8. The van der Waals surface area contributed by atoms with Crippen LogP contribution in [0.25, 0.3) is 22.3 Å². The van der Waals surface area contributed by atoms with Crippen LogP contribution in [-0.4, -0.2) is 99.8 Å². The van der Waals surface area contributed by atoms with E-state index in [0.717, 1.165) is 80.2 Å². The minimum atomic E-state index is -0.565. The molecule has 0 aliphatic carbocycles. The molecule has 194 valence electrons. The Hall–Kier alpha value is -2.39. The first-order valence-electron chi connectivity index (χ1n) is 12.7. The molecule has 3 aromatic heterocycles. The molecule has 0 unspecified atom stereocenters. The number of rotatable bonds is 12. The maximum atomic E-state index is 9.06. The van der Waals surface area contributed by atoms with Crippen molar-refractivity contribution in [2.24, 2.45) is 0 Å². The van der Waals surface area contributed by atoms with Crippen LogP contribution >= 0.6 is 10.0 Å². The Morgan fingerprint density at radius 1 is 1.25 bits per heavy atom. The number of nitrogens with zero attached hydrogens (tertiary/aromatic N) is 7. The van der Waals surface area contributed by atoms with Gasteiger partial charge in [0.05, 0.1) is 31.1 Å². The number of piperazine rings is 1. The third-order valence-corrected chi connectivity index (χ3v) is 8.31. The third kappa shape index (κ3) is 6.68. The predicted octanol–water partition coefficient (Wildman–Crippen LogP) is 1.89. The molecule has 11 heteroatoms. The first kappa shape index (κ1) is 26.7. The topological polar surface area (TPSA) is 96.8 Å². The summed E-state index contributed by atoms with van der Waals surface area (Å²) in [5.41, 5.74) is 2.69. The molecular formula is C25H39BN8OS. The molecule has 0 amide bonds. The SMILES string of the molecule is B[C@@](CCCC#N)(Cn1cc(-c2ncnc3c2ccn3COCCS(C)(C)C)cn1)N1CCNCC1. The summed E-state index contributed by atoms with van der Waals surface area (Å²) in [5, 5.41) is 18.2. The molecule has 1 saturated heterocycles. The van der Waals surface area contributed by atoms with Gasteiger partial charge >= 0.3 is 0 Å². The van der Waals surface area contributed by atoms with E-state index >= 15 is 0 Å². The van der Waals surface area contributed by atoms with E-state index in [-0.39, 0.29) is 5.44 Å². The molecule has 3 aromatic rings. The highest BCUT2D eigenvalue weighted by Gasteiger charge is 2.33. The highest BCUT2D eigenvalue weighted by molar-refractivity contribution is 8.32. The number of nitriles is 1. The Morgan fingerprint density at radius 2 is 2.06 bits per heavy atom. The van der Waals surface area contributed by atoms with Crippen LogP contribution in [-0.2, 0) is 18.0 Å². The van der Waals surface area contributed by atoms with Crippen LogP contribution < -0.4 is 5.32 Å². The van der Waals surface area contributed by atoms with E-state index in [9.17, 15) is 0 Å².